The number of nitrogens with zero attached hydrogens (tertiary/aromatic N) is 1. The van der Waals surface area contributed by atoms with E-state index in [1.807, 2.05) is 0 Å². The maximum absolute atomic E-state index is 4.02. The van der Waals surface area contributed by atoms with Gasteiger partial charge in [-0.15, -0.1) is 0 Å². The van der Waals surface area contributed by atoms with Crippen molar-refractivity contribution in [2.45, 2.75) is 34.6 Å². The molecular formula is C10H19NS. The Balaban J connectivity index is 4.73. The van der Waals surface area contributed by atoms with Crippen LogP contribution >= 0.6 is 12.8 Å². The zero-order valence-electron chi connectivity index (χ0n) is 8.63. The molecule has 0 fully saturated rings. The Morgan fingerprint density at radius 1 is 1.17 bits per heavy atom. The molecule has 0 bridgehead atoms. The van der Waals surface area contributed by atoms with E-state index < -0.39 is 0 Å². The third-order valence-corrected chi connectivity index (χ3v) is 2.10. The number of allylic oxidation sites excluding steroid dienone is 2. The number of thiol groups is 1. The number of rotatable bonds is 3. The Bertz CT molecular complexity index is 168. The van der Waals surface area contributed by atoms with Crippen LogP contribution in [0.25, 0.3) is 0 Å². The highest BCUT2D eigenvalue weighted by molar-refractivity contribution is 7.79. The van der Waals surface area contributed by atoms with Crippen molar-refractivity contribution in [2.75, 3.05) is 0 Å². The van der Waals surface area contributed by atoms with E-state index in [4.69, 9.17) is 0 Å². The van der Waals surface area contributed by atoms with Crippen LogP contribution in [0.5, 0.6) is 0 Å². The van der Waals surface area contributed by atoms with Gasteiger partial charge in [-0.25, -0.2) is 4.40 Å². The largest absolute Gasteiger partial charge is 0.224 e. The second-order valence-corrected chi connectivity index (χ2v) is 3.74. The topological polar surface area (TPSA) is 12.4 Å². The normalized spacial score (nSPS) is 14.7. The zero-order chi connectivity index (χ0) is 9.72. The summed E-state index contributed by atoms with van der Waals surface area (Å²) in [6.07, 6.45) is 2.12. The second kappa shape index (κ2) is 5.41. The summed E-state index contributed by atoms with van der Waals surface area (Å²) in [6.45, 7) is 10.7. The van der Waals surface area contributed by atoms with Gasteiger partial charge in [0.2, 0.25) is 0 Å². The van der Waals surface area contributed by atoms with Crippen LogP contribution in [-0.4, -0.2) is 5.71 Å². The molecule has 0 aromatic carbocycles. The van der Waals surface area contributed by atoms with Crippen molar-refractivity contribution in [1.29, 1.82) is 0 Å². The van der Waals surface area contributed by atoms with E-state index in [0.717, 1.165) is 5.71 Å². The Labute approximate surface area is 81.5 Å². The average molecular weight is 185 g/mol. The third kappa shape index (κ3) is 3.02. The van der Waals surface area contributed by atoms with Crippen LogP contribution in [0.4, 0.5) is 0 Å². The van der Waals surface area contributed by atoms with Crippen LogP contribution in [0.2, 0.25) is 0 Å². The number of hydrogen-bond acceptors (Lipinski definition) is 2. The highest BCUT2D eigenvalue weighted by Gasteiger charge is 2.12. The quantitative estimate of drug-likeness (QED) is 0.510. The highest BCUT2D eigenvalue weighted by atomic mass is 32.1. The van der Waals surface area contributed by atoms with Crippen molar-refractivity contribution in [2.24, 2.45) is 16.2 Å². The zero-order valence-corrected chi connectivity index (χ0v) is 9.52. The standard InChI is InChI=1S/C10H19NS/c1-6-9(7(2)3)10(11-12)8(4)5/h6-8,12H,1-5H3/b9-6-,11-10-. The van der Waals surface area contributed by atoms with E-state index in [9.17, 15) is 0 Å². The molecule has 0 rings (SSSR count). The lowest BCUT2D eigenvalue weighted by atomic mass is 9.92. The van der Waals surface area contributed by atoms with E-state index in [2.05, 4.69) is 57.9 Å². The predicted molar refractivity (Wildman–Crippen MR) is 59.9 cm³/mol. The van der Waals surface area contributed by atoms with E-state index in [1.165, 1.54) is 5.57 Å². The van der Waals surface area contributed by atoms with Crippen molar-refractivity contribution < 1.29 is 0 Å². The fraction of sp³-hybridized carbons (Fsp3) is 0.700. The molecule has 0 radical (unpaired) electrons. The maximum atomic E-state index is 4.02. The van der Waals surface area contributed by atoms with Gasteiger partial charge in [-0.3, -0.25) is 0 Å². The minimum absolute atomic E-state index is 0.455. The van der Waals surface area contributed by atoms with Crippen molar-refractivity contribution in [3.8, 4) is 0 Å². The Kier molecular flexibility index (Phi) is 5.31. The van der Waals surface area contributed by atoms with E-state index in [0.29, 0.717) is 11.8 Å². The minimum atomic E-state index is 0.455. The molecule has 0 atom stereocenters. The summed E-state index contributed by atoms with van der Waals surface area (Å²) in [5, 5.41) is 0. The number of hydrogen-bond donors (Lipinski definition) is 1. The molecule has 0 aromatic heterocycles. The Hall–Kier alpha value is -0.240. The van der Waals surface area contributed by atoms with Crippen molar-refractivity contribution in [3.05, 3.63) is 11.6 Å². The molecule has 1 nitrogen and oxygen atoms in total. The van der Waals surface area contributed by atoms with Gasteiger partial charge in [0.15, 0.2) is 0 Å². The molecule has 0 aliphatic carbocycles. The second-order valence-electron chi connectivity index (χ2n) is 3.54. The van der Waals surface area contributed by atoms with Crippen LogP contribution in [0.3, 0.4) is 0 Å². The monoisotopic (exact) mass is 185 g/mol. The molecular weight excluding hydrogens is 166 g/mol. The molecule has 0 saturated carbocycles. The molecule has 0 unspecified atom stereocenters. The highest BCUT2D eigenvalue weighted by Crippen LogP contribution is 2.17. The van der Waals surface area contributed by atoms with Gasteiger partial charge in [0.05, 0.1) is 5.71 Å². The first-order valence-electron chi connectivity index (χ1n) is 4.43. The van der Waals surface area contributed by atoms with Crippen LogP contribution in [0, 0.1) is 11.8 Å². The lowest BCUT2D eigenvalue weighted by Gasteiger charge is -2.15. The summed E-state index contributed by atoms with van der Waals surface area (Å²) in [7, 11) is 0. The summed E-state index contributed by atoms with van der Waals surface area (Å²) in [5.74, 6) is 0.986. The summed E-state index contributed by atoms with van der Waals surface area (Å²) >= 11 is 3.99. The molecule has 0 aliphatic rings. The lowest BCUT2D eigenvalue weighted by Crippen LogP contribution is -2.14. The molecule has 0 amide bonds. The van der Waals surface area contributed by atoms with Crippen molar-refractivity contribution in [3.63, 3.8) is 0 Å². The van der Waals surface area contributed by atoms with Gasteiger partial charge in [0.1, 0.15) is 0 Å². The molecule has 0 aromatic rings. The summed E-state index contributed by atoms with van der Waals surface area (Å²) in [4.78, 5) is 0. The first-order chi connectivity index (χ1) is 5.54. The smallest absolute Gasteiger partial charge is 0.0540 e. The molecule has 0 heterocycles. The van der Waals surface area contributed by atoms with Gasteiger partial charge in [0, 0.05) is 0 Å². The van der Waals surface area contributed by atoms with Gasteiger partial charge < -0.3 is 0 Å². The van der Waals surface area contributed by atoms with Crippen LogP contribution in [-0.2, 0) is 0 Å². The summed E-state index contributed by atoms with van der Waals surface area (Å²) < 4.78 is 4.02. The van der Waals surface area contributed by atoms with Gasteiger partial charge in [-0.1, -0.05) is 33.8 Å². The third-order valence-electron chi connectivity index (χ3n) is 1.88. The minimum Gasteiger partial charge on any atom is -0.224 e. The van der Waals surface area contributed by atoms with Crippen LogP contribution in [0.1, 0.15) is 34.6 Å². The van der Waals surface area contributed by atoms with Crippen LogP contribution in [0.15, 0.2) is 16.0 Å². The molecule has 0 aliphatic heterocycles. The van der Waals surface area contributed by atoms with Crippen molar-refractivity contribution in [1.82, 2.24) is 0 Å². The molecule has 2 heteroatoms. The first kappa shape index (κ1) is 11.8. The maximum Gasteiger partial charge on any atom is 0.0540 e. The molecule has 0 saturated heterocycles. The van der Waals surface area contributed by atoms with E-state index in [1.54, 1.807) is 0 Å². The fourth-order valence-electron chi connectivity index (χ4n) is 1.28. The summed E-state index contributed by atoms with van der Waals surface area (Å²) in [6, 6.07) is 0. The molecule has 12 heavy (non-hydrogen) atoms. The first-order valence-corrected chi connectivity index (χ1v) is 4.83. The lowest BCUT2D eigenvalue weighted by molar-refractivity contribution is 0.774. The summed E-state index contributed by atoms with van der Waals surface area (Å²) in [5.41, 5.74) is 2.41. The van der Waals surface area contributed by atoms with Gasteiger partial charge in [-0.2, -0.15) is 0 Å². The van der Waals surface area contributed by atoms with Gasteiger partial charge in [-0.05, 0) is 37.1 Å². The molecule has 0 N–H and O–H groups in total. The SMILES string of the molecule is C/C=C(\C(=N/S)C(C)C)C(C)C. The van der Waals surface area contributed by atoms with Gasteiger partial charge >= 0.3 is 0 Å². The Morgan fingerprint density at radius 3 is 1.75 bits per heavy atom. The van der Waals surface area contributed by atoms with Gasteiger partial charge in [0.25, 0.3) is 0 Å². The van der Waals surface area contributed by atoms with Crippen molar-refractivity contribution >= 4 is 18.5 Å². The predicted octanol–water partition coefficient (Wildman–Crippen LogP) is 3.53. The van der Waals surface area contributed by atoms with E-state index in [-0.39, 0.29) is 0 Å². The van der Waals surface area contributed by atoms with Crippen LogP contribution < -0.4 is 0 Å². The van der Waals surface area contributed by atoms with E-state index >= 15 is 0 Å². The average Bonchev–Trinajstić information content (AvgIpc) is 1.98. The Morgan fingerprint density at radius 2 is 1.67 bits per heavy atom. The molecule has 70 valence electrons. The molecule has 0 spiro atoms. The fourth-order valence-corrected chi connectivity index (χ4v) is 1.63.